The van der Waals surface area contributed by atoms with Gasteiger partial charge in [0, 0.05) is 12.8 Å². The molecule has 0 spiro atoms. The third-order valence-electron chi connectivity index (χ3n) is 3.93. The molecule has 0 saturated heterocycles. The van der Waals surface area contributed by atoms with Crippen LogP contribution in [0, 0.1) is 17.2 Å². The predicted molar refractivity (Wildman–Crippen MR) is 86.0 cm³/mol. The second-order valence-electron chi connectivity index (χ2n) is 6.61. The van der Waals surface area contributed by atoms with Crippen molar-refractivity contribution in [2.24, 2.45) is 17.1 Å². The molecule has 1 aromatic rings. The van der Waals surface area contributed by atoms with Crippen molar-refractivity contribution in [1.82, 2.24) is 0 Å². The first kappa shape index (κ1) is 18.1. The van der Waals surface area contributed by atoms with Gasteiger partial charge in [0.1, 0.15) is 11.6 Å². The van der Waals surface area contributed by atoms with Gasteiger partial charge in [-0.15, -0.1) is 0 Å². The smallest absolute Gasteiger partial charge is 0.145 e. The van der Waals surface area contributed by atoms with Gasteiger partial charge in [-0.3, -0.25) is 4.79 Å². The van der Waals surface area contributed by atoms with Crippen LogP contribution in [0.3, 0.4) is 0 Å². The molecular formula is C17H25ClFNO. The molecule has 0 heterocycles. The Labute approximate surface area is 131 Å². The van der Waals surface area contributed by atoms with Crippen LogP contribution in [-0.4, -0.2) is 12.3 Å². The van der Waals surface area contributed by atoms with E-state index in [0.29, 0.717) is 24.4 Å². The fraction of sp³-hybridized carbons (Fsp3) is 0.588. The molecule has 1 rings (SSSR count). The second-order valence-corrected chi connectivity index (χ2v) is 7.01. The van der Waals surface area contributed by atoms with Gasteiger partial charge in [0.25, 0.3) is 0 Å². The van der Waals surface area contributed by atoms with Gasteiger partial charge in [-0.1, -0.05) is 44.5 Å². The van der Waals surface area contributed by atoms with Crippen molar-refractivity contribution < 1.29 is 9.18 Å². The zero-order valence-electron chi connectivity index (χ0n) is 13.1. The molecule has 0 aromatic heterocycles. The highest BCUT2D eigenvalue weighted by Gasteiger charge is 2.24. The third kappa shape index (κ3) is 5.76. The largest absolute Gasteiger partial charge is 0.330 e. The van der Waals surface area contributed by atoms with Crippen molar-refractivity contribution in [2.45, 2.75) is 46.5 Å². The van der Waals surface area contributed by atoms with E-state index in [4.69, 9.17) is 17.3 Å². The number of benzene rings is 1. The summed E-state index contributed by atoms with van der Waals surface area (Å²) in [5.41, 5.74) is 6.14. The first-order valence-corrected chi connectivity index (χ1v) is 7.78. The standard InChI is InChI=1S/C17H25ClFNO/c1-17(2,3)13(9-10-20)7-8-14(21)11-12-5-4-6-15(18)16(12)19/h4-6,13H,7-11,20H2,1-3H3. The lowest BCUT2D eigenvalue weighted by Gasteiger charge is -2.30. The van der Waals surface area contributed by atoms with Crippen LogP contribution >= 0.6 is 11.6 Å². The van der Waals surface area contributed by atoms with Crippen LogP contribution in [0.5, 0.6) is 0 Å². The summed E-state index contributed by atoms with van der Waals surface area (Å²) in [5.74, 6) is -0.0417. The monoisotopic (exact) mass is 313 g/mol. The molecule has 118 valence electrons. The third-order valence-corrected chi connectivity index (χ3v) is 4.22. The highest BCUT2D eigenvalue weighted by molar-refractivity contribution is 6.30. The lowest BCUT2D eigenvalue weighted by Crippen LogP contribution is -2.24. The van der Waals surface area contributed by atoms with E-state index in [9.17, 15) is 9.18 Å². The Bertz CT molecular complexity index is 482. The van der Waals surface area contributed by atoms with E-state index in [-0.39, 0.29) is 22.6 Å². The summed E-state index contributed by atoms with van der Waals surface area (Å²) in [4.78, 5) is 12.1. The number of nitrogens with two attached hydrogens (primary N) is 1. The highest BCUT2D eigenvalue weighted by atomic mass is 35.5. The van der Waals surface area contributed by atoms with Gasteiger partial charge in [-0.25, -0.2) is 4.39 Å². The SMILES string of the molecule is CC(C)(C)C(CCN)CCC(=O)Cc1cccc(Cl)c1F. The van der Waals surface area contributed by atoms with E-state index in [1.165, 1.54) is 6.07 Å². The topological polar surface area (TPSA) is 43.1 Å². The summed E-state index contributed by atoms with van der Waals surface area (Å²) < 4.78 is 13.8. The number of rotatable bonds is 7. The van der Waals surface area contributed by atoms with Crippen molar-refractivity contribution in [3.8, 4) is 0 Å². The van der Waals surface area contributed by atoms with Gasteiger partial charge in [0.2, 0.25) is 0 Å². The predicted octanol–water partition coefficient (Wildman–Crippen LogP) is 4.38. The molecule has 1 unspecified atom stereocenters. The number of ketones is 1. The minimum Gasteiger partial charge on any atom is -0.330 e. The van der Waals surface area contributed by atoms with Crippen LogP contribution < -0.4 is 5.73 Å². The Hall–Kier alpha value is -0.930. The molecule has 0 radical (unpaired) electrons. The summed E-state index contributed by atoms with van der Waals surface area (Å²) in [7, 11) is 0. The maximum atomic E-state index is 13.8. The van der Waals surface area contributed by atoms with E-state index in [0.717, 1.165) is 12.8 Å². The molecule has 21 heavy (non-hydrogen) atoms. The molecule has 2 N–H and O–H groups in total. The van der Waals surface area contributed by atoms with E-state index in [1.54, 1.807) is 12.1 Å². The minimum atomic E-state index is -0.484. The molecule has 0 aliphatic rings. The van der Waals surface area contributed by atoms with Gasteiger partial charge in [-0.05, 0) is 42.3 Å². The zero-order chi connectivity index (χ0) is 16.0. The number of hydrogen-bond acceptors (Lipinski definition) is 2. The Balaban J connectivity index is 2.59. The first-order chi connectivity index (χ1) is 9.75. The Morgan fingerprint density at radius 2 is 2.00 bits per heavy atom. The van der Waals surface area contributed by atoms with Gasteiger partial charge in [0.15, 0.2) is 0 Å². The summed E-state index contributed by atoms with van der Waals surface area (Å²) in [6, 6.07) is 4.77. The van der Waals surface area contributed by atoms with Crippen molar-refractivity contribution in [2.75, 3.05) is 6.54 Å². The van der Waals surface area contributed by atoms with Gasteiger partial charge < -0.3 is 5.73 Å². The molecule has 0 amide bonds. The molecule has 0 aliphatic carbocycles. The summed E-state index contributed by atoms with van der Waals surface area (Å²) in [6.45, 7) is 7.11. The van der Waals surface area contributed by atoms with Crippen LogP contribution in [0.4, 0.5) is 4.39 Å². The van der Waals surface area contributed by atoms with Gasteiger partial charge in [-0.2, -0.15) is 0 Å². The molecule has 2 nitrogen and oxygen atoms in total. The van der Waals surface area contributed by atoms with Crippen molar-refractivity contribution >= 4 is 17.4 Å². The lowest BCUT2D eigenvalue weighted by atomic mass is 9.76. The summed E-state index contributed by atoms with van der Waals surface area (Å²) in [5, 5.41) is 0.0657. The van der Waals surface area contributed by atoms with Gasteiger partial charge in [0.05, 0.1) is 5.02 Å². The zero-order valence-corrected chi connectivity index (χ0v) is 13.8. The van der Waals surface area contributed by atoms with Gasteiger partial charge >= 0.3 is 0 Å². The average molecular weight is 314 g/mol. The number of hydrogen-bond donors (Lipinski definition) is 1. The maximum absolute atomic E-state index is 13.8. The van der Waals surface area contributed by atoms with E-state index in [2.05, 4.69) is 20.8 Å². The van der Waals surface area contributed by atoms with Crippen LogP contribution in [-0.2, 0) is 11.2 Å². The Morgan fingerprint density at radius 1 is 1.33 bits per heavy atom. The second kappa shape index (κ2) is 7.90. The van der Waals surface area contributed by atoms with E-state index < -0.39 is 5.82 Å². The fourth-order valence-electron chi connectivity index (χ4n) is 2.53. The molecular weight excluding hydrogens is 289 g/mol. The van der Waals surface area contributed by atoms with Crippen molar-refractivity contribution in [3.05, 3.63) is 34.6 Å². The molecule has 1 atom stereocenters. The molecule has 0 bridgehead atoms. The van der Waals surface area contributed by atoms with Crippen molar-refractivity contribution in [3.63, 3.8) is 0 Å². The van der Waals surface area contributed by atoms with E-state index in [1.807, 2.05) is 0 Å². The first-order valence-electron chi connectivity index (χ1n) is 7.40. The van der Waals surface area contributed by atoms with Crippen LogP contribution in [0.2, 0.25) is 5.02 Å². The maximum Gasteiger partial charge on any atom is 0.145 e. The summed E-state index contributed by atoms with van der Waals surface area (Å²) in [6.07, 6.45) is 2.25. The fourth-order valence-corrected chi connectivity index (χ4v) is 2.73. The van der Waals surface area contributed by atoms with Crippen LogP contribution in [0.15, 0.2) is 18.2 Å². The Kier molecular flexibility index (Phi) is 6.82. The van der Waals surface area contributed by atoms with Crippen molar-refractivity contribution in [1.29, 1.82) is 0 Å². The lowest BCUT2D eigenvalue weighted by molar-refractivity contribution is -0.118. The highest BCUT2D eigenvalue weighted by Crippen LogP contribution is 2.32. The van der Waals surface area contributed by atoms with E-state index >= 15 is 0 Å². The molecule has 0 saturated carbocycles. The number of halogens is 2. The number of carbonyl (C=O) groups excluding carboxylic acids is 1. The number of carbonyl (C=O) groups is 1. The molecule has 0 fully saturated rings. The molecule has 4 heteroatoms. The summed E-state index contributed by atoms with van der Waals surface area (Å²) >= 11 is 5.73. The van der Waals surface area contributed by atoms with Crippen LogP contribution in [0.25, 0.3) is 0 Å². The normalized spacial score (nSPS) is 13.2. The van der Waals surface area contributed by atoms with Crippen LogP contribution in [0.1, 0.15) is 45.6 Å². The number of Topliss-reactive ketones (excluding diaryl/α,β-unsaturated/α-hetero) is 1. The average Bonchev–Trinajstić information content (AvgIpc) is 2.38. The minimum absolute atomic E-state index is 0.0439. The molecule has 0 aliphatic heterocycles. The molecule has 1 aromatic carbocycles. The Morgan fingerprint density at radius 3 is 2.57 bits per heavy atom. The quantitative estimate of drug-likeness (QED) is 0.811.